The molecule has 4 nitrogen and oxygen atoms in total. The fraction of sp³-hybridized carbons (Fsp3) is 0.913. The van der Waals surface area contributed by atoms with E-state index < -0.39 is 20.5 Å². The SMILES string of the molecule is CO[C@@H](/C(C)=C/CO[Si](C(C)C)(C(C)C)C(C)C)[C@@H](C)[C@@H](O)C[C@H](O)C(C)CI. The molecule has 0 fully saturated rings. The molecule has 0 saturated heterocycles. The Morgan fingerprint density at radius 2 is 1.41 bits per heavy atom. The van der Waals surface area contributed by atoms with Crippen molar-refractivity contribution in [1.29, 1.82) is 0 Å². The van der Waals surface area contributed by atoms with Crippen LogP contribution >= 0.6 is 22.6 Å². The average Bonchev–Trinajstić information content (AvgIpc) is 2.63. The van der Waals surface area contributed by atoms with Gasteiger partial charge < -0.3 is 19.4 Å². The van der Waals surface area contributed by atoms with Crippen LogP contribution in [0.5, 0.6) is 0 Å². The maximum Gasteiger partial charge on any atom is 0.200 e. The predicted molar refractivity (Wildman–Crippen MR) is 135 cm³/mol. The van der Waals surface area contributed by atoms with Crippen LogP contribution < -0.4 is 0 Å². The lowest BCUT2D eigenvalue weighted by molar-refractivity contribution is -0.0179. The Kier molecular flexibility index (Phi) is 14.1. The summed E-state index contributed by atoms with van der Waals surface area (Å²) in [7, 11) is -0.210. The summed E-state index contributed by atoms with van der Waals surface area (Å²) < 4.78 is 13.2. The third-order valence-electron chi connectivity index (χ3n) is 6.62. The molecule has 0 radical (unpaired) electrons. The molecule has 0 aliphatic heterocycles. The molecule has 29 heavy (non-hydrogen) atoms. The number of aliphatic hydroxyl groups excluding tert-OH is 2. The molecule has 0 amide bonds. The topological polar surface area (TPSA) is 58.9 Å². The van der Waals surface area contributed by atoms with Crippen molar-refractivity contribution in [2.75, 3.05) is 18.1 Å². The van der Waals surface area contributed by atoms with Crippen LogP contribution in [0.25, 0.3) is 0 Å². The minimum Gasteiger partial charge on any atom is -0.412 e. The Morgan fingerprint density at radius 1 is 0.931 bits per heavy atom. The Labute approximate surface area is 195 Å². The minimum absolute atomic E-state index is 0.102. The second-order valence-corrected chi connectivity index (χ2v) is 15.9. The molecule has 174 valence electrons. The molecular weight excluding hydrogens is 495 g/mol. The maximum absolute atomic E-state index is 10.7. The zero-order chi connectivity index (χ0) is 22.9. The molecule has 0 aromatic carbocycles. The number of aliphatic hydroxyl groups is 2. The van der Waals surface area contributed by atoms with E-state index in [0.29, 0.717) is 29.7 Å². The largest absolute Gasteiger partial charge is 0.412 e. The molecule has 5 atom stereocenters. The summed E-state index contributed by atoms with van der Waals surface area (Å²) in [4.78, 5) is 0. The Morgan fingerprint density at radius 3 is 1.79 bits per heavy atom. The fourth-order valence-electron chi connectivity index (χ4n) is 4.75. The zero-order valence-electron chi connectivity index (χ0n) is 20.4. The highest BCUT2D eigenvalue weighted by Gasteiger charge is 2.44. The molecule has 0 aromatic heterocycles. The molecular formula is C23H47IO4Si. The number of hydrogen-bond donors (Lipinski definition) is 2. The highest BCUT2D eigenvalue weighted by Crippen LogP contribution is 2.42. The average molecular weight is 543 g/mol. The van der Waals surface area contributed by atoms with Crippen molar-refractivity contribution in [2.24, 2.45) is 11.8 Å². The Balaban J connectivity index is 5.20. The predicted octanol–water partition coefficient (Wildman–Crippen LogP) is 5.96. The number of rotatable bonds is 14. The zero-order valence-corrected chi connectivity index (χ0v) is 23.6. The first-order chi connectivity index (χ1) is 13.4. The van der Waals surface area contributed by atoms with Gasteiger partial charge in [-0.15, -0.1) is 0 Å². The highest BCUT2D eigenvalue weighted by atomic mass is 127. The van der Waals surface area contributed by atoms with Gasteiger partial charge in [0.1, 0.15) is 0 Å². The van der Waals surface area contributed by atoms with Crippen LogP contribution in [0, 0.1) is 11.8 Å². The van der Waals surface area contributed by atoms with E-state index in [1.165, 1.54) is 0 Å². The summed E-state index contributed by atoms with van der Waals surface area (Å²) in [5.74, 6) is 0.0688. The van der Waals surface area contributed by atoms with Crippen LogP contribution in [-0.4, -0.2) is 55.0 Å². The van der Waals surface area contributed by atoms with Gasteiger partial charge in [0.2, 0.25) is 8.32 Å². The Bertz CT molecular complexity index is 460. The van der Waals surface area contributed by atoms with Gasteiger partial charge in [0.15, 0.2) is 0 Å². The number of hydrogen-bond acceptors (Lipinski definition) is 4. The summed E-state index contributed by atoms with van der Waals surface area (Å²) in [6.45, 7) is 20.4. The van der Waals surface area contributed by atoms with Gasteiger partial charge in [-0.1, -0.05) is 84.1 Å². The molecule has 0 heterocycles. The standard InChI is InChI=1S/C23H47IO4Si/c1-15(2)29(16(3)4,17(5)6)28-12-11-18(7)23(27-10)20(9)22(26)13-21(25)19(8)14-24/h11,15-17,19-23,25-26H,12-14H2,1-10H3/b18-11+/t19?,20-,21-,22-,23-/m0/s1. The molecule has 1 unspecified atom stereocenters. The Hall–Kier alpha value is 0.527. The summed E-state index contributed by atoms with van der Waals surface area (Å²) >= 11 is 2.27. The lowest BCUT2D eigenvalue weighted by Gasteiger charge is -2.42. The number of alkyl halides is 1. The fourth-order valence-corrected chi connectivity index (χ4v) is 10.7. The summed E-state index contributed by atoms with van der Waals surface area (Å²) in [6.07, 6.45) is 1.20. The smallest absolute Gasteiger partial charge is 0.200 e. The van der Waals surface area contributed by atoms with E-state index in [-0.39, 0.29) is 17.9 Å². The van der Waals surface area contributed by atoms with Crippen molar-refractivity contribution in [3.05, 3.63) is 11.6 Å². The van der Waals surface area contributed by atoms with Crippen LogP contribution in [0.2, 0.25) is 16.6 Å². The van der Waals surface area contributed by atoms with Crippen LogP contribution in [0.1, 0.15) is 68.7 Å². The molecule has 0 rings (SSSR count). The van der Waals surface area contributed by atoms with E-state index in [1.807, 2.05) is 20.8 Å². The van der Waals surface area contributed by atoms with E-state index >= 15 is 0 Å². The minimum atomic E-state index is -1.90. The van der Waals surface area contributed by atoms with Gasteiger partial charge in [0, 0.05) is 17.5 Å². The molecule has 0 bridgehead atoms. The molecule has 6 heteroatoms. The third kappa shape index (κ3) is 8.18. The van der Waals surface area contributed by atoms with Crippen molar-refractivity contribution >= 4 is 30.9 Å². The number of ether oxygens (including phenoxy) is 1. The van der Waals surface area contributed by atoms with Crippen molar-refractivity contribution in [2.45, 2.75) is 104 Å². The summed E-state index contributed by atoms with van der Waals surface area (Å²) in [5, 5.41) is 20.9. The normalized spacial score (nSPS) is 19.0. The van der Waals surface area contributed by atoms with Gasteiger partial charge >= 0.3 is 0 Å². The second kappa shape index (κ2) is 13.8. The molecule has 2 N–H and O–H groups in total. The van der Waals surface area contributed by atoms with Crippen molar-refractivity contribution in [1.82, 2.24) is 0 Å². The molecule has 0 spiro atoms. The monoisotopic (exact) mass is 542 g/mol. The molecule has 0 aromatic rings. The molecule has 0 aliphatic rings. The van der Waals surface area contributed by atoms with E-state index in [1.54, 1.807) is 7.11 Å². The van der Waals surface area contributed by atoms with Gasteiger partial charge in [-0.05, 0) is 41.5 Å². The molecule has 0 saturated carbocycles. The van der Waals surface area contributed by atoms with E-state index in [0.717, 1.165) is 10.0 Å². The first-order valence-corrected chi connectivity index (χ1v) is 14.8. The van der Waals surface area contributed by atoms with Gasteiger partial charge in [0.25, 0.3) is 0 Å². The van der Waals surface area contributed by atoms with Gasteiger partial charge in [0.05, 0.1) is 24.9 Å². The summed E-state index contributed by atoms with van der Waals surface area (Å²) in [5.41, 5.74) is 2.74. The van der Waals surface area contributed by atoms with Gasteiger partial charge in [-0.2, -0.15) is 0 Å². The van der Waals surface area contributed by atoms with E-state index in [4.69, 9.17) is 9.16 Å². The van der Waals surface area contributed by atoms with E-state index in [2.05, 4.69) is 70.2 Å². The highest BCUT2D eigenvalue weighted by molar-refractivity contribution is 14.1. The summed E-state index contributed by atoms with van der Waals surface area (Å²) in [6, 6.07) is 0. The maximum atomic E-state index is 10.7. The van der Waals surface area contributed by atoms with E-state index in [9.17, 15) is 10.2 Å². The lowest BCUT2D eigenvalue weighted by Crippen LogP contribution is -2.47. The van der Waals surface area contributed by atoms with Gasteiger partial charge in [-0.25, -0.2) is 0 Å². The van der Waals surface area contributed by atoms with Gasteiger partial charge in [-0.3, -0.25) is 0 Å². The van der Waals surface area contributed by atoms with Crippen molar-refractivity contribution in [3.63, 3.8) is 0 Å². The van der Waals surface area contributed by atoms with Crippen molar-refractivity contribution in [3.8, 4) is 0 Å². The first kappa shape index (κ1) is 29.5. The second-order valence-electron chi connectivity index (χ2n) is 9.59. The van der Waals surface area contributed by atoms with Crippen LogP contribution in [0.4, 0.5) is 0 Å². The first-order valence-electron chi connectivity index (χ1n) is 11.1. The van der Waals surface area contributed by atoms with Crippen molar-refractivity contribution < 1.29 is 19.4 Å². The lowest BCUT2D eigenvalue weighted by atomic mass is 9.88. The number of halogens is 1. The quantitative estimate of drug-likeness (QED) is 0.123. The number of methoxy groups -OCH3 is 1. The van der Waals surface area contributed by atoms with Crippen LogP contribution in [-0.2, 0) is 9.16 Å². The third-order valence-corrected chi connectivity index (χ3v) is 14.1. The molecule has 0 aliphatic carbocycles. The van der Waals surface area contributed by atoms with Crippen LogP contribution in [0.3, 0.4) is 0 Å². The van der Waals surface area contributed by atoms with Crippen LogP contribution in [0.15, 0.2) is 11.6 Å².